The Balaban J connectivity index is 0.000000798. The molecule has 18 heteroatoms. The molecule has 0 fully saturated rings. The number of sulfonamides is 1. The van der Waals surface area contributed by atoms with Gasteiger partial charge in [-0.25, -0.2) is 9.47 Å². The molecule has 1 unspecified atom stereocenters. The standard InChI is InChI=1S/C20H19BrN4O4S4.CHF3O2/c1-12(26)24-14-6-4-8-16(10-14)33(28,29)25-32(27,15-7-3-5-13(21)9-15)18-11-17(19(22)23)31-20(18)30-2;2-1(3,4)6-5/h3-11H,1-2H3,(H3,22,23)(H,24,26);5H. The first-order chi connectivity index (χ1) is 18.0. The minimum absolute atomic E-state index is 0.171. The Morgan fingerprint density at radius 3 is 2.26 bits per heavy atom. The zero-order valence-electron chi connectivity index (χ0n) is 19.9. The molecular weight excluding hydrogens is 669 g/mol. The first-order valence-corrected chi connectivity index (χ1v) is 15.9. The highest BCUT2D eigenvalue weighted by molar-refractivity contribution is 9.10. The topological polar surface area (TPSA) is 172 Å². The lowest BCUT2D eigenvalue weighted by atomic mass is 10.3. The largest absolute Gasteiger partial charge is 0.549 e. The van der Waals surface area contributed by atoms with Crippen LogP contribution in [0.2, 0.25) is 0 Å². The minimum atomic E-state index is -4.90. The number of thioether (sulfide) groups is 1. The van der Waals surface area contributed by atoms with E-state index in [0.29, 0.717) is 13.6 Å². The van der Waals surface area contributed by atoms with Crippen molar-refractivity contribution in [3.8, 4) is 0 Å². The number of carbonyl (C=O) groups is 1. The number of benzene rings is 2. The normalized spacial score (nSPS) is 13.0. The maximum atomic E-state index is 14.5. The molecule has 1 aromatic heterocycles. The van der Waals surface area contributed by atoms with Gasteiger partial charge in [-0.15, -0.1) is 41.2 Å². The molecule has 0 bridgehead atoms. The smallest absolute Gasteiger partial charge is 0.383 e. The van der Waals surface area contributed by atoms with Gasteiger partial charge in [0, 0.05) is 17.1 Å². The summed E-state index contributed by atoms with van der Waals surface area (Å²) < 4.78 is 77.1. The molecule has 0 aliphatic carbocycles. The second-order valence-corrected chi connectivity index (χ2v) is 14.2. The van der Waals surface area contributed by atoms with Crippen LogP contribution in [0.1, 0.15) is 11.8 Å². The number of nitrogen functional groups attached to an aromatic ring is 1. The average molecular weight is 690 g/mol. The third-order valence-corrected chi connectivity index (χ3v) is 11.6. The van der Waals surface area contributed by atoms with Crippen LogP contribution in [-0.2, 0) is 29.4 Å². The van der Waals surface area contributed by atoms with Crippen LogP contribution in [-0.4, -0.2) is 42.2 Å². The summed E-state index contributed by atoms with van der Waals surface area (Å²) in [6.07, 6.45) is -3.15. The third kappa shape index (κ3) is 9.02. The average Bonchev–Trinajstić information content (AvgIpc) is 3.29. The first kappa shape index (κ1) is 32.7. The molecule has 0 aliphatic heterocycles. The summed E-state index contributed by atoms with van der Waals surface area (Å²) in [5.74, 6) is -0.581. The molecule has 5 N–H and O–H groups in total. The van der Waals surface area contributed by atoms with Crippen LogP contribution < -0.4 is 11.1 Å². The van der Waals surface area contributed by atoms with Crippen molar-refractivity contribution in [2.45, 2.75) is 32.2 Å². The fraction of sp³-hybridized carbons (Fsp3) is 0.143. The van der Waals surface area contributed by atoms with Crippen molar-refractivity contribution in [3.63, 3.8) is 0 Å². The summed E-state index contributed by atoms with van der Waals surface area (Å²) in [5, 5.41) is 17.1. The monoisotopic (exact) mass is 688 g/mol. The van der Waals surface area contributed by atoms with E-state index in [1.807, 2.05) is 4.89 Å². The molecule has 2 aromatic carbocycles. The van der Waals surface area contributed by atoms with Crippen molar-refractivity contribution in [2.24, 2.45) is 9.50 Å². The van der Waals surface area contributed by atoms with Crippen LogP contribution in [0.5, 0.6) is 0 Å². The number of thiophene rings is 1. The van der Waals surface area contributed by atoms with E-state index in [1.54, 1.807) is 24.5 Å². The molecule has 1 atom stereocenters. The van der Waals surface area contributed by atoms with Gasteiger partial charge in [-0.05, 0) is 48.7 Å². The number of hydrogen-bond acceptors (Lipinski definition) is 9. The third-order valence-electron chi connectivity index (χ3n) is 4.29. The Morgan fingerprint density at radius 2 is 1.74 bits per heavy atom. The number of nitrogens with two attached hydrogens (primary N) is 1. The fourth-order valence-electron chi connectivity index (χ4n) is 2.79. The highest BCUT2D eigenvalue weighted by Crippen LogP contribution is 2.39. The number of hydrogen-bond donors (Lipinski definition) is 4. The van der Waals surface area contributed by atoms with Gasteiger partial charge in [0.1, 0.15) is 15.6 Å². The highest BCUT2D eigenvalue weighted by Gasteiger charge is 2.29. The Morgan fingerprint density at radius 1 is 1.15 bits per heavy atom. The van der Waals surface area contributed by atoms with E-state index in [1.165, 1.54) is 55.1 Å². The molecule has 0 saturated carbocycles. The number of alkyl halides is 3. The number of nitrogens with one attached hydrogen (secondary N) is 2. The molecule has 0 aliphatic rings. The van der Waals surface area contributed by atoms with Crippen molar-refractivity contribution in [1.29, 1.82) is 5.41 Å². The molecule has 3 rings (SSSR count). The Labute approximate surface area is 238 Å². The van der Waals surface area contributed by atoms with Crippen molar-refractivity contribution < 1.29 is 40.7 Å². The molecule has 0 radical (unpaired) electrons. The maximum Gasteiger partial charge on any atom is 0.549 e. The molecule has 1 amide bonds. The van der Waals surface area contributed by atoms with Crippen molar-refractivity contribution in [1.82, 2.24) is 0 Å². The SMILES string of the molecule is CSc1sc(C(=N)N)cc1S(=O)(=NS(=O)(=O)c1cccc(NC(C)=O)c1)c1cccc(Br)c1.OOC(F)(F)F. The molecule has 0 saturated heterocycles. The van der Waals surface area contributed by atoms with Gasteiger partial charge in [-0.1, -0.05) is 31.8 Å². The highest BCUT2D eigenvalue weighted by atomic mass is 79.9. The van der Waals surface area contributed by atoms with Crippen molar-refractivity contribution in [3.05, 3.63) is 63.9 Å². The summed E-state index contributed by atoms with van der Waals surface area (Å²) in [4.78, 5) is 13.8. The lowest BCUT2D eigenvalue weighted by Gasteiger charge is -2.12. The van der Waals surface area contributed by atoms with Gasteiger partial charge in [0.15, 0.2) is 0 Å². The van der Waals surface area contributed by atoms with Gasteiger partial charge in [0.25, 0.3) is 10.0 Å². The number of rotatable bonds is 7. The van der Waals surface area contributed by atoms with Crippen LogP contribution in [0.3, 0.4) is 0 Å². The molecular formula is C21H20BrF3N4O6S4. The van der Waals surface area contributed by atoms with E-state index in [2.05, 4.69) is 25.0 Å². The van der Waals surface area contributed by atoms with Crippen LogP contribution in [0.15, 0.2) is 81.7 Å². The van der Waals surface area contributed by atoms with Crippen molar-refractivity contribution >= 4 is 76.2 Å². The van der Waals surface area contributed by atoms with Crippen LogP contribution in [0.4, 0.5) is 18.9 Å². The number of halogens is 4. The van der Waals surface area contributed by atoms with Crippen LogP contribution in [0.25, 0.3) is 0 Å². The van der Waals surface area contributed by atoms with Gasteiger partial charge in [-0.3, -0.25) is 10.2 Å². The predicted molar refractivity (Wildman–Crippen MR) is 146 cm³/mol. The molecule has 1 heterocycles. The Kier molecular flexibility index (Phi) is 11.1. The van der Waals surface area contributed by atoms with E-state index in [0.717, 1.165) is 11.3 Å². The van der Waals surface area contributed by atoms with Crippen molar-refractivity contribution in [2.75, 3.05) is 11.6 Å². The number of carbonyl (C=O) groups excluding carboxylic acids is 1. The number of nitrogens with zero attached hydrogens (tertiary/aromatic N) is 1. The van der Waals surface area contributed by atoms with E-state index < -0.39 is 26.1 Å². The zero-order valence-corrected chi connectivity index (χ0v) is 24.7. The van der Waals surface area contributed by atoms with E-state index >= 15 is 0 Å². The number of anilines is 1. The van der Waals surface area contributed by atoms with Gasteiger partial charge in [0.2, 0.25) is 5.91 Å². The van der Waals surface area contributed by atoms with E-state index in [9.17, 15) is 30.6 Å². The van der Waals surface area contributed by atoms with Crippen LogP contribution in [0, 0.1) is 5.41 Å². The quantitative estimate of drug-likeness (QED) is 0.0799. The van der Waals surface area contributed by atoms with Crippen LogP contribution >= 0.6 is 39.0 Å². The summed E-state index contributed by atoms with van der Waals surface area (Å²) in [6, 6.07) is 13.5. The zero-order chi connectivity index (χ0) is 29.6. The minimum Gasteiger partial charge on any atom is -0.383 e. The van der Waals surface area contributed by atoms with E-state index in [-0.39, 0.29) is 32.1 Å². The summed E-state index contributed by atoms with van der Waals surface area (Å²) in [7, 11) is -8.14. The fourth-order valence-corrected chi connectivity index (χ4v) is 9.93. The lowest BCUT2D eigenvalue weighted by Crippen LogP contribution is -2.10. The number of amides is 1. The van der Waals surface area contributed by atoms with Gasteiger partial charge in [-0.2, -0.15) is 8.42 Å². The maximum absolute atomic E-state index is 14.5. The summed E-state index contributed by atoms with van der Waals surface area (Å²) in [5.41, 5.74) is 5.90. The van der Waals surface area contributed by atoms with E-state index in [4.69, 9.17) is 16.4 Å². The Bertz CT molecular complexity index is 1600. The molecule has 39 heavy (non-hydrogen) atoms. The second-order valence-electron chi connectivity index (χ2n) is 7.16. The molecule has 212 valence electrons. The van der Waals surface area contributed by atoms with Gasteiger partial charge >= 0.3 is 6.36 Å². The van der Waals surface area contributed by atoms with Gasteiger partial charge in [0.05, 0.1) is 23.8 Å². The van der Waals surface area contributed by atoms with Gasteiger partial charge < -0.3 is 11.1 Å². The molecule has 3 aromatic rings. The first-order valence-electron chi connectivity index (χ1n) is 10.1. The Hall–Kier alpha value is -2.48. The molecule has 10 nitrogen and oxygen atoms in total. The lowest BCUT2D eigenvalue weighted by molar-refractivity contribution is -0.464. The predicted octanol–water partition coefficient (Wildman–Crippen LogP) is 5.75. The second kappa shape index (κ2) is 13.2. The summed E-state index contributed by atoms with van der Waals surface area (Å²) in [6.45, 7) is 1.30. The number of amidine groups is 1. The molecule has 0 spiro atoms. The summed E-state index contributed by atoms with van der Waals surface area (Å²) >= 11 is 5.74.